The van der Waals surface area contributed by atoms with Gasteiger partial charge in [-0.15, -0.1) is 0 Å². The molecule has 0 bridgehead atoms. The summed E-state index contributed by atoms with van der Waals surface area (Å²) in [5, 5.41) is 3.24. The Bertz CT molecular complexity index is 1470. The standard InChI is InChI=1S/C30H35ClFN3O4S/c1-20-7-14-26(17-21(20)2)35(40(38,39)27-15-10-24(31)11-16-27)19-28(36)34(18-23-8-12-25(32)13-9-23)22(3)29(37)33-30(4,5)6/h7-17,22H,18-19H2,1-6H3,(H,33,37)/t22-/m1/s1. The number of carbonyl (C=O) groups excluding carboxylic acids is 2. The molecule has 214 valence electrons. The minimum Gasteiger partial charge on any atom is -0.350 e. The van der Waals surface area contributed by atoms with Crippen molar-refractivity contribution < 1.29 is 22.4 Å². The molecule has 40 heavy (non-hydrogen) atoms. The van der Waals surface area contributed by atoms with E-state index < -0.39 is 45.8 Å². The summed E-state index contributed by atoms with van der Waals surface area (Å²) >= 11 is 5.99. The van der Waals surface area contributed by atoms with E-state index in [1.54, 1.807) is 25.1 Å². The number of amides is 2. The number of sulfonamides is 1. The van der Waals surface area contributed by atoms with Crippen molar-refractivity contribution in [2.45, 2.75) is 64.6 Å². The predicted octanol–water partition coefficient (Wildman–Crippen LogP) is 5.62. The molecule has 0 aromatic heterocycles. The van der Waals surface area contributed by atoms with Gasteiger partial charge in [-0.05, 0) is 107 Å². The zero-order chi connectivity index (χ0) is 29.8. The van der Waals surface area contributed by atoms with Gasteiger partial charge in [0.25, 0.3) is 10.0 Å². The van der Waals surface area contributed by atoms with E-state index in [4.69, 9.17) is 11.6 Å². The number of nitrogens with zero attached hydrogens (tertiary/aromatic N) is 2. The molecular weight excluding hydrogens is 553 g/mol. The summed E-state index contributed by atoms with van der Waals surface area (Å²) in [5.74, 6) is -1.44. The van der Waals surface area contributed by atoms with Gasteiger partial charge in [-0.25, -0.2) is 12.8 Å². The SMILES string of the molecule is Cc1ccc(N(CC(=O)N(Cc2ccc(F)cc2)[C@H](C)C(=O)NC(C)(C)C)S(=O)(=O)c2ccc(Cl)cc2)cc1C. The second-order valence-corrected chi connectivity index (χ2v) is 13.1. The zero-order valence-electron chi connectivity index (χ0n) is 23.5. The third-order valence-electron chi connectivity index (χ3n) is 6.39. The van der Waals surface area contributed by atoms with Gasteiger partial charge in [0.15, 0.2) is 0 Å². The topological polar surface area (TPSA) is 86.8 Å². The molecule has 7 nitrogen and oxygen atoms in total. The second-order valence-electron chi connectivity index (χ2n) is 10.8. The van der Waals surface area contributed by atoms with Crippen LogP contribution in [0.3, 0.4) is 0 Å². The number of anilines is 1. The molecular formula is C30H35ClFN3O4S. The summed E-state index contributed by atoms with van der Waals surface area (Å²) in [7, 11) is -4.21. The fourth-order valence-electron chi connectivity index (χ4n) is 3.99. The van der Waals surface area contributed by atoms with Gasteiger partial charge in [0.2, 0.25) is 11.8 Å². The van der Waals surface area contributed by atoms with Crippen LogP contribution in [-0.2, 0) is 26.2 Å². The van der Waals surface area contributed by atoms with E-state index in [9.17, 15) is 22.4 Å². The van der Waals surface area contributed by atoms with E-state index in [-0.39, 0.29) is 11.4 Å². The van der Waals surface area contributed by atoms with Gasteiger partial charge in [-0.3, -0.25) is 13.9 Å². The Balaban J connectivity index is 2.06. The maximum Gasteiger partial charge on any atom is 0.264 e. The smallest absolute Gasteiger partial charge is 0.264 e. The highest BCUT2D eigenvalue weighted by Gasteiger charge is 2.33. The Morgan fingerprint density at radius 2 is 1.55 bits per heavy atom. The van der Waals surface area contributed by atoms with E-state index in [1.807, 2.05) is 34.6 Å². The Hall–Kier alpha value is -3.43. The molecule has 3 rings (SSSR count). The third kappa shape index (κ3) is 7.82. The lowest BCUT2D eigenvalue weighted by molar-refractivity contribution is -0.140. The van der Waals surface area contributed by atoms with Crippen LogP contribution in [0.25, 0.3) is 0 Å². The molecule has 1 N–H and O–H groups in total. The van der Waals surface area contributed by atoms with Crippen LogP contribution in [0.5, 0.6) is 0 Å². The molecule has 3 aromatic rings. The number of halogens is 2. The van der Waals surface area contributed by atoms with Gasteiger partial charge in [-0.1, -0.05) is 29.8 Å². The molecule has 0 saturated carbocycles. The predicted molar refractivity (Wildman–Crippen MR) is 156 cm³/mol. The lowest BCUT2D eigenvalue weighted by atomic mass is 10.1. The van der Waals surface area contributed by atoms with E-state index in [2.05, 4.69) is 5.32 Å². The van der Waals surface area contributed by atoms with Crippen LogP contribution in [0.15, 0.2) is 71.6 Å². The summed E-state index contributed by atoms with van der Waals surface area (Å²) in [6.45, 7) is 10.2. The van der Waals surface area contributed by atoms with Gasteiger partial charge in [-0.2, -0.15) is 0 Å². The maximum atomic E-state index is 13.9. The first-order valence-corrected chi connectivity index (χ1v) is 14.6. The lowest BCUT2D eigenvalue weighted by Gasteiger charge is -2.33. The first-order valence-electron chi connectivity index (χ1n) is 12.8. The highest BCUT2D eigenvalue weighted by molar-refractivity contribution is 7.92. The average molecular weight is 588 g/mol. The van der Waals surface area contributed by atoms with Crippen molar-refractivity contribution in [3.05, 3.63) is 94.3 Å². The summed E-state index contributed by atoms with van der Waals surface area (Å²) in [4.78, 5) is 28.3. The number of rotatable bonds is 9. The summed E-state index contributed by atoms with van der Waals surface area (Å²) in [6, 6.07) is 15.5. The third-order valence-corrected chi connectivity index (χ3v) is 8.43. The quantitative estimate of drug-likeness (QED) is 0.352. The molecule has 1 atom stereocenters. The molecule has 0 heterocycles. The van der Waals surface area contributed by atoms with Crippen LogP contribution in [0.1, 0.15) is 44.4 Å². The minimum absolute atomic E-state index is 0.0282. The van der Waals surface area contributed by atoms with Gasteiger partial charge in [0.1, 0.15) is 18.4 Å². The molecule has 0 saturated heterocycles. The second kappa shape index (κ2) is 12.4. The Morgan fingerprint density at radius 1 is 0.950 bits per heavy atom. The summed E-state index contributed by atoms with van der Waals surface area (Å²) in [5.41, 5.74) is 2.15. The van der Waals surface area contributed by atoms with Gasteiger partial charge < -0.3 is 10.2 Å². The van der Waals surface area contributed by atoms with Gasteiger partial charge in [0.05, 0.1) is 10.6 Å². The van der Waals surface area contributed by atoms with Crippen LogP contribution in [0, 0.1) is 19.7 Å². The van der Waals surface area contributed by atoms with Crippen molar-refractivity contribution >= 4 is 39.1 Å². The number of hydrogen-bond acceptors (Lipinski definition) is 4. The van der Waals surface area contributed by atoms with E-state index in [0.717, 1.165) is 15.4 Å². The molecule has 2 amide bonds. The van der Waals surface area contributed by atoms with Crippen molar-refractivity contribution in [1.29, 1.82) is 0 Å². The molecule has 0 radical (unpaired) electrons. The number of nitrogens with one attached hydrogen (secondary N) is 1. The van der Waals surface area contributed by atoms with Crippen molar-refractivity contribution in [2.24, 2.45) is 0 Å². The molecule has 0 aliphatic rings. The highest BCUT2D eigenvalue weighted by Crippen LogP contribution is 2.27. The number of benzene rings is 3. The Labute approximate surface area is 241 Å². The van der Waals surface area contributed by atoms with E-state index >= 15 is 0 Å². The fourth-order valence-corrected chi connectivity index (χ4v) is 5.52. The molecule has 0 aliphatic carbocycles. The summed E-state index contributed by atoms with van der Waals surface area (Å²) < 4.78 is 42.4. The normalized spacial score (nSPS) is 12.5. The number of aryl methyl sites for hydroxylation is 2. The molecule has 0 unspecified atom stereocenters. The molecule has 0 spiro atoms. The first-order chi connectivity index (χ1) is 18.6. The summed E-state index contributed by atoms with van der Waals surface area (Å²) in [6.07, 6.45) is 0. The number of hydrogen-bond donors (Lipinski definition) is 1. The largest absolute Gasteiger partial charge is 0.350 e. The van der Waals surface area contributed by atoms with Gasteiger partial charge >= 0.3 is 0 Å². The van der Waals surface area contributed by atoms with Gasteiger partial charge in [0, 0.05) is 17.1 Å². The first kappa shape index (κ1) is 31.1. The fraction of sp³-hybridized carbons (Fsp3) is 0.333. The molecule has 0 fully saturated rings. The molecule has 10 heteroatoms. The monoisotopic (exact) mass is 587 g/mol. The maximum absolute atomic E-state index is 13.9. The average Bonchev–Trinajstić information content (AvgIpc) is 2.87. The Morgan fingerprint density at radius 3 is 2.10 bits per heavy atom. The van der Waals surface area contributed by atoms with Crippen molar-refractivity contribution in [3.63, 3.8) is 0 Å². The molecule has 3 aromatic carbocycles. The number of carbonyl (C=O) groups is 2. The van der Waals surface area contributed by atoms with Crippen molar-refractivity contribution in [1.82, 2.24) is 10.2 Å². The Kier molecular flexibility index (Phi) is 9.64. The van der Waals surface area contributed by atoms with Crippen molar-refractivity contribution in [3.8, 4) is 0 Å². The molecule has 0 aliphatic heterocycles. The van der Waals surface area contributed by atoms with Crippen molar-refractivity contribution in [2.75, 3.05) is 10.8 Å². The van der Waals surface area contributed by atoms with E-state index in [0.29, 0.717) is 16.3 Å². The lowest BCUT2D eigenvalue weighted by Crippen LogP contribution is -2.54. The minimum atomic E-state index is -4.21. The van der Waals surface area contributed by atoms with Crippen LogP contribution >= 0.6 is 11.6 Å². The van der Waals surface area contributed by atoms with Crippen LogP contribution in [0.4, 0.5) is 10.1 Å². The van der Waals surface area contributed by atoms with Crippen LogP contribution in [-0.4, -0.2) is 43.3 Å². The van der Waals surface area contributed by atoms with Crippen LogP contribution in [0.2, 0.25) is 5.02 Å². The highest BCUT2D eigenvalue weighted by atomic mass is 35.5. The van der Waals surface area contributed by atoms with E-state index in [1.165, 1.54) is 53.4 Å². The van der Waals surface area contributed by atoms with Crippen LogP contribution < -0.4 is 9.62 Å². The zero-order valence-corrected chi connectivity index (χ0v) is 25.1.